The van der Waals surface area contributed by atoms with Crippen molar-refractivity contribution < 1.29 is 17.6 Å². The Balaban J connectivity index is 1.50. The predicted octanol–water partition coefficient (Wildman–Crippen LogP) is 2.68. The van der Waals surface area contributed by atoms with Gasteiger partial charge in [0, 0.05) is 31.1 Å². The lowest BCUT2D eigenvalue weighted by atomic mass is 9.97. The lowest BCUT2D eigenvalue weighted by molar-refractivity contribution is -0.126. The van der Waals surface area contributed by atoms with Crippen LogP contribution in [0.3, 0.4) is 0 Å². The van der Waals surface area contributed by atoms with Gasteiger partial charge in [0.05, 0.1) is 5.75 Å². The highest BCUT2D eigenvalue weighted by Crippen LogP contribution is 2.22. The molecule has 0 aliphatic carbocycles. The third-order valence-corrected chi connectivity index (χ3v) is 6.67. The summed E-state index contributed by atoms with van der Waals surface area (Å²) in [4.78, 5) is 12.3. The summed E-state index contributed by atoms with van der Waals surface area (Å²) >= 11 is 0. The van der Waals surface area contributed by atoms with Crippen molar-refractivity contribution in [2.24, 2.45) is 5.92 Å². The molecule has 1 fully saturated rings. The van der Waals surface area contributed by atoms with E-state index in [1.165, 1.54) is 10.4 Å². The van der Waals surface area contributed by atoms with Crippen LogP contribution in [0, 0.1) is 11.7 Å². The topological polar surface area (TPSA) is 66.5 Å². The molecule has 3 rings (SSSR count). The number of nitrogens with one attached hydrogen (secondary N) is 1. The number of sulfonamides is 1. The van der Waals surface area contributed by atoms with Crippen molar-refractivity contribution in [3.8, 4) is 0 Å². The zero-order valence-corrected chi connectivity index (χ0v) is 15.8. The van der Waals surface area contributed by atoms with Crippen LogP contribution in [0.4, 0.5) is 4.39 Å². The number of carbonyl (C=O) groups is 1. The molecule has 7 heteroatoms. The first kappa shape index (κ1) is 19.5. The Kier molecular flexibility index (Phi) is 6.23. The average Bonchev–Trinajstić information content (AvgIpc) is 2.68. The highest BCUT2D eigenvalue weighted by atomic mass is 32.2. The Hall–Kier alpha value is -2.25. The molecule has 0 saturated carbocycles. The lowest BCUT2D eigenvalue weighted by Crippen LogP contribution is -2.43. The molecule has 1 aliphatic heterocycles. The van der Waals surface area contributed by atoms with E-state index in [0.29, 0.717) is 31.5 Å². The van der Waals surface area contributed by atoms with Gasteiger partial charge >= 0.3 is 0 Å². The van der Waals surface area contributed by atoms with Gasteiger partial charge in [0.2, 0.25) is 15.9 Å². The number of amides is 1. The van der Waals surface area contributed by atoms with Crippen LogP contribution in [-0.2, 0) is 27.1 Å². The Morgan fingerprint density at radius 2 is 1.67 bits per heavy atom. The monoisotopic (exact) mass is 390 g/mol. The maximum Gasteiger partial charge on any atom is 0.223 e. The number of carbonyl (C=O) groups excluding carboxylic acids is 1. The van der Waals surface area contributed by atoms with E-state index in [1.807, 2.05) is 18.2 Å². The molecule has 5 nitrogen and oxygen atoms in total. The molecule has 0 spiro atoms. The third-order valence-electron chi connectivity index (χ3n) is 4.82. The fraction of sp³-hybridized carbons (Fsp3) is 0.350. The minimum Gasteiger partial charge on any atom is -0.352 e. The summed E-state index contributed by atoms with van der Waals surface area (Å²) in [6.07, 6.45) is 0.939. The second-order valence-corrected chi connectivity index (χ2v) is 8.69. The first-order valence-corrected chi connectivity index (χ1v) is 10.6. The molecule has 0 aromatic heterocycles. The van der Waals surface area contributed by atoms with E-state index in [9.17, 15) is 17.6 Å². The smallest absolute Gasteiger partial charge is 0.223 e. The number of benzene rings is 2. The van der Waals surface area contributed by atoms with Gasteiger partial charge in [-0.3, -0.25) is 4.79 Å². The van der Waals surface area contributed by atoms with Gasteiger partial charge < -0.3 is 5.32 Å². The van der Waals surface area contributed by atoms with Crippen LogP contribution in [0.25, 0.3) is 0 Å². The Morgan fingerprint density at radius 1 is 1.04 bits per heavy atom. The van der Waals surface area contributed by atoms with Crippen LogP contribution in [-0.4, -0.2) is 31.7 Å². The zero-order valence-electron chi connectivity index (χ0n) is 15.0. The van der Waals surface area contributed by atoms with Gasteiger partial charge in [-0.1, -0.05) is 48.5 Å². The van der Waals surface area contributed by atoms with E-state index < -0.39 is 10.0 Å². The largest absolute Gasteiger partial charge is 0.352 e. The number of piperidine rings is 1. The van der Waals surface area contributed by atoms with Crippen LogP contribution in [0.2, 0.25) is 0 Å². The van der Waals surface area contributed by atoms with Crippen molar-refractivity contribution in [3.63, 3.8) is 0 Å². The maximum atomic E-state index is 13.6. The van der Waals surface area contributed by atoms with Gasteiger partial charge in [0.1, 0.15) is 5.82 Å². The van der Waals surface area contributed by atoms with E-state index >= 15 is 0 Å². The zero-order chi connectivity index (χ0) is 19.3. The molecule has 0 bridgehead atoms. The van der Waals surface area contributed by atoms with Crippen LogP contribution < -0.4 is 5.32 Å². The van der Waals surface area contributed by atoms with Crippen LogP contribution in [0.15, 0.2) is 54.6 Å². The first-order valence-electron chi connectivity index (χ1n) is 8.98. The molecule has 0 atom stereocenters. The normalized spacial score (nSPS) is 16.2. The summed E-state index contributed by atoms with van der Waals surface area (Å²) in [5.74, 6) is -0.782. The van der Waals surface area contributed by atoms with E-state index in [-0.39, 0.29) is 29.9 Å². The molecule has 1 heterocycles. The molecule has 2 aromatic rings. The molecule has 1 amide bonds. The standard InChI is InChI=1S/C20H23FN2O3S/c21-19-9-5-4-8-18(19)14-22-20(24)17-10-12-23(13-11-17)27(25,26)15-16-6-2-1-3-7-16/h1-9,17H,10-15H2,(H,22,24). The van der Waals surface area contributed by atoms with Crippen molar-refractivity contribution in [2.75, 3.05) is 13.1 Å². The summed E-state index contributed by atoms with van der Waals surface area (Å²) in [6.45, 7) is 0.790. The molecule has 1 aliphatic rings. The number of hydrogen-bond donors (Lipinski definition) is 1. The highest BCUT2D eigenvalue weighted by molar-refractivity contribution is 7.88. The molecule has 2 aromatic carbocycles. The van der Waals surface area contributed by atoms with E-state index in [2.05, 4.69) is 5.32 Å². The predicted molar refractivity (Wildman–Crippen MR) is 102 cm³/mol. The fourth-order valence-corrected chi connectivity index (χ4v) is 4.80. The maximum absolute atomic E-state index is 13.6. The quantitative estimate of drug-likeness (QED) is 0.825. The van der Waals surface area contributed by atoms with Crippen LogP contribution >= 0.6 is 0 Å². The van der Waals surface area contributed by atoms with Gasteiger partial charge in [0.15, 0.2) is 0 Å². The summed E-state index contributed by atoms with van der Waals surface area (Å²) in [6, 6.07) is 15.4. The van der Waals surface area contributed by atoms with Crippen molar-refractivity contribution >= 4 is 15.9 Å². The van der Waals surface area contributed by atoms with Crippen molar-refractivity contribution in [2.45, 2.75) is 25.1 Å². The second-order valence-electron chi connectivity index (χ2n) is 6.72. The Labute approximate surface area is 159 Å². The molecular formula is C20H23FN2O3S. The summed E-state index contributed by atoms with van der Waals surface area (Å²) in [5.41, 5.74) is 1.19. The van der Waals surface area contributed by atoms with Crippen LogP contribution in [0.5, 0.6) is 0 Å². The number of rotatable bonds is 6. The minimum atomic E-state index is -3.39. The van der Waals surface area contributed by atoms with Gasteiger partial charge in [-0.2, -0.15) is 0 Å². The summed E-state index contributed by atoms with van der Waals surface area (Å²) in [7, 11) is -3.39. The van der Waals surface area contributed by atoms with E-state index in [0.717, 1.165) is 5.56 Å². The second kappa shape index (κ2) is 8.63. The SMILES string of the molecule is O=C(NCc1ccccc1F)C1CCN(S(=O)(=O)Cc2ccccc2)CC1. The first-order chi connectivity index (χ1) is 13.0. The lowest BCUT2D eigenvalue weighted by Gasteiger charge is -2.30. The fourth-order valence-electron chi connectivity index (χ4n) is 3.24. The summed E-state index contributed by atoms with van der Waals surface area (Å²) < 4.78 is 40.2. The number of hydrogen-bond acceptors (Lipinski definition) is 3. The molecule has 0 radical (unpaired) electrons. The molecule has 1 saturated heterocycles. The van der Waals surface area contributed by atoms with E-state index in [1.54, 1.807) is 30.3 Å². The average molecular weight is 390 g/mol. The van der Waals surface area contributed by atoms with Crippen molar-refractivity contribution in [1.29, 1.82) is 0 Å². The molecule has 27 heavy (non-hydrogen) atoms. The van der Waals surface area contributed by atoms with Gasteiger partial charge in [-0.05, 0) is 24.5 Å². The molecule has 144 valence electrons. The summed E-state index contributed by atoms with van der Waals surface area (Å²) in [5, 5.41) is 2.76. The molecule has 0 unspecified atom stereocenters. The number of nitrogens with zero attached hydrogens (tertiary/aromatic N) is 1. The van der Waals surface area contributed by atoms with Crippen molar-refractivity contribution in [1.82, 2.24) is 9.62 Å². The van der Waals surface area contributed by atoms with E-state index in [4.69, 9.17) is 0 Å². The number of halogens is 1. The highest BCUT2D eigenvalue weighted by Gasteiger charge is 2.31. The molecular weight excluding hydrogens is 367 g/mol. The Bertz CT molecular complexity index is 879. The van der Waals surface area contributed by atoms with Gasteiger partial charge in [0.25, 0.3) is 0 Å². The minimum absolute atomic E-state index is 0.0298. The van der Waals surface area contributed by atoms with Crippen molar-refractivity contribution in [3.05, 3.63) is 71.5 Å². The molecule has 1 N–H and O–H groups in total. The van der Waals surface area contributed by atoms with Gasteiger partial charge in [-0.25, -0.2) is 17.1 Å². The van der Waals surface area contributed by atoms with Crippen LogP contribution in [0.1, 0.15) is 24.0 Å². The third kappa shape index (κ3) is 5.14. The van der Waals surface area contributed by atoms with Gasteiger partial charge in [-0.15, -0.1) is 0 Å². The Morgan fingerprint density at radius 3 is 2.33 bits per heavy atom.